The summed E-state index contributed by atoms with van der Waals surface area (Å²) in [6.07, 6.45) is -6.15. The van der Waals surface area contributed by atoms with Crippen LogP contribution in [0.4, 0.5) is 0 Å². The molecule has 1 rings (SSSR count). The molecule has 1 aliphatic heterocycles. The second kappa shape index (κ2) is 7.73. The third-order valence-electron chi connectivity index (χ3n) is 2.80. The number of rotatable bonds is 8. The predicted molar refractivity (Wildman–Crippen MR) is 73.1 cm³/mol. The molecule has 1 fully saturated rings. The van der Waals surface area contributed by atoms with Crippen LogP contribution in [0.5, 0.6) is 0 Å². The average molecular weight is 408 g/mol. The third-order valence-corrected chi connectivity index (χ3v) is 5.83. The first-order valence-electron chi connectivity index (χ1n) is 6.36. The van der Waals surface area contributed by atoms with E-state index < -0.39 is 67.8 Å². The fourth-order valence-corrected chi connectivity index (χ4v) is 4.64. The van der Waals surface area contributed by atoms with E-state index in [1.54, 1.807) is 11.4 Å². The van der Waals surface area contributed by atoms with Crippen LogP contribution < -0.4 is 0 Å². The molecule has 5 atom stereocenters. The maximum absolute atomic E-state index is 11.8. The standard InChI is InChI=1S/C10H21AsO10S/c1-11(2,15)3-7-8(13)9(14)10(21-7)19-4-6(12)5-20-22(16,17)18/h6-10,12-14H,3-5H2,1-2H3,(H,16,17,18)/t6?,7-,8-,9-,10-/m1/s1. The molecule has 1 heterocycles. The van der Waals surface area contributed by atoms with Crippen LogP contribution in [-0.2, 0) is 27.8 Å². The van der Waals surface area contributed by atoms with Crippen molar-refractivity contribution < 1.29 is 45.7 Å². The Labute approximate surface area is 130 Å². The summed E-state index contributed by atoms with van der Waals surface area (Å²) in [7, 11) is -4.67. The van der Waals surface area contributed by atoms with Gasteiger partial charge in [-0.1, -0.05) is 0 Å². The molecule has 1 saturated heterocycles. The van der Waals surface area contributed by atoms with Crippen molar-refractivity contribution in [3.8, 4) is 0 Å². The van der Waals surface area contributed by atoms with Gasteiger partial charge in [0.05, 0.1) is 0 Å². The van der Waals surface area contributed by atoms with Crippen molar-refractivity contribution in [1.29, 1.82) is 0 Å². The Morgan fingerprint density at radius 2 is 1.82 bits per heavy atom. The topological polar surface area (TPSA) is 160 Å². The van der Waals surface area contributed by atoms with Gasteiger partial charge >= 0.3 is 130 Å². The third kappa shape index (κ3) is 7.07. The molecule has 1 unspecified atom stereocenters. The zero-order chi connectivity index (χ0) is 17.1. The number of hydrogen-bond donors (Lipinski definition) is 4. The summed E-state index contributed by atoms with van der Waals surface area (Å²) < 4.78 is 55.0. The first-order chi connectivity index (χ1) is 9.89. The number of hydrogen-bond acceptors (Lipinski definition) is 9. The van der Waals surface area contributed by atoms with E-state index >= 15 is 0 Å². The van der Waals surface area contributed by atoms with Crippen LogP contribution >= 0.6 is 0 Å². The Morgan fingerprint density at radius 3 is 2.32 bits per heavy atom. The second-order valence-corrected chi connectivity index (χ2v) is 13.9. The minimum absolute atomic E-state index is 0.116. The zero-order valence-electron chi connectivity index (χ0n) is 12.1. The normalized spacial score (nSPS) is 31.4. The van der Waals surface area contributed by atoms with Gasteiger partial charge in [0, 0.05) is 0 Å². The molecule has 4 N–H and O–H groups in total. The van der Waals surface area contributed by atoms with Crippen molar-refractivity contribution in [3.63, 3.8) is 0 Å². The molecular formula is C10H21AsO10S. The molecule has 1 aliphatic rings. The second-order valence-electron chi connectivity index (χ2n) is 5.48. The minimum atomic E-state index is -4.67. The van der Waals surface area contributed by atoms with E-state index in [4.69, 9.17) is 14.0 Å². The fraction of sp³-hybridized carbons (Fsp3) is 1.00. The molecule has 132 valence electrons. The van der Waals surface area contributed by atoms with Crippen LogP contribution in [0.2, 0.25) is 16.6 Å². The van der Waals surface area contributed by atoms with Crippen LogP contribution in [0, 0.1) is 0 Å². The monoisotopic (exact) mass is 408 g/mol. The Balaban J connectivity index is 2.45. The van der Waals surface area contributed by atoms with E-state index in [9.17, 15) is 27.5 Å². The summed E-state index contributed by atoms with van der Waals surface area (Å²) in [6, 6.07) is 0. The number of aliphatic hydroxyl groups excluding tert-OH is 3. The van der Waals surface area contributed by atoms with Crippen LogP contribution in [0.3, 0.4) is 0 Å². The fourth-order valence-electron chi connectivity index (χ4n) is 1.85. The molecule has 0 aliphatic carbocycles. The Hall–Kier alpha value is 0.0284. The van der Waals surface area contributed by atoms with E-state index in [-0.39, 0.29) is 5.21 Å². The molecule has 0 saturated carbocycles. The molecule has 0 aromatic carbocycles. The molecule has 22 heavy (non-hydrogen) atoms. The van der Waals surface area contributed by atoms with Gasteiger partial charge in [0.15, 0.2) is 0 Å². The van der Waals surface area contributed by atoms with Crippen LogP contribution in [0.25, 0.3) is 0 Å². The van der Waals surface area contributed by atoms with Gasteiger partial charge in [0.25, 0.3) is 0 Å². The predicted octanol–water partition coefficient (Wildman–Crippen LogP) is -1.73. The average Bonchev–Trinajstić information content (AvgIpc) is 2.59. The van der Waals surface area contributed by atoms with Gasteiger partial charge in [0.1, 0.15) is 0 Å². The van der Waals surface area contributed by atoms with Crippen LogP contribution in [-0.4, -0.2) is 85.7 Å². The van der Waals surface area contributed by atoms with Gasteiger partial charge in [-0.2, -0.15) is 0 Å². The van der Waals surface area contributed by atoms with E-state index in [1.165, 1.54) is 0 Å². The van der Waals surface area contributed by atoms with Gasteiger partial charge in [-0.25, -0.2) is 0 Å². The van der Waals surface area contributed by atoms with E-state index in [0.717, 1.165) is 0 Å². The van der Waals surface area contributed by atoms with Gasteiger partial charge in [-0.05, 0) is 0 Å². The first kappa shape index (κ1) is 20.1. The molecule has 0 radical (unpaired) electrons. The summed E-state index contributed by atoms with van der Waals surface area (Å²) in [6.45, 7) is -1.20. The van der Waals surface area contributed by atoms with Gasteiger partial charge in [0.2, 0.25) is 0 Å². The van der Waals surface area contributed by atoms with Gasteiger partial charge < -0.3 is 0 Å². The van der Waals surface area contributed by atoms with Crippen molar-refractivity contribution in [1.82, 2.24) is 0 Å². The Bertz CT molecular complexity index is 502. The first-order valence-corrected chi connectivity index (χ1v) is 13.6. The van der Waals surface area contributed by atoms with E-state index in [1.807, 2.05) is 0 Å². The number of aliphatic hydroxyl groups is 3. The van der Waals surface area contributed by atoms with Crippen molar-refractivity contribution in [3.05, 3.63) is 0 Å². The van der Waals surface area contributed by atoms with E-state index in [2.05, 4.69) is 4.18 Å². The molecule has 10 nitrogen and oxygen atoms in total. The van der Waals surface area contributed by atoms with Crippen LogP contribution in [0.15, 0.2) is 0 Å². The van der Waals surface area contributed by atoms with Gasteiger partial charge in [-0.15, -0.1) is 0 Å². The van der Waals surface area contributed by atoms with Gasteiger partial charge in [-0.3, -0.25) is 0 Å². The molecular weight excluding hydrogens is 387 g/mol. The van der Waals surface area contributed by atoms with Crippen LogP contribution in [0.1, 0.15) is 0 Å². The van der Waals surface area contributed by atoms with Crippen molar-refractivity contribution in [2.45, 2.75) is 47.3 Å². The Kier molecular flexibility index (Phi) is 7.06. The summed E-state index contributed by atoms with van der Waals surface area (Å²) in [5, 5.41) is 29.1. The Morgan fingerprint density at radius 1 is 1.23 bits per heavy atom. The molecule has 12 heteroatoms. The molecule has 0 aromatic heterocycles. The summed E-state index contributed by atoms with van der Waals surface area (Å²) >= 11 is -3.10. The molecule has 0 spiro atoms. The SMILES string of the molecule is C[As](C)(=O)C[C@H]1O[C@@H](OCC(O)COS(=O)(=O)O)[C@H](O)[C@@H]1O. The molecule has 0 amide bonds. The quantitative estimate of drug-likeness (QED) is 0.268. The molecule has 0 aromatic rings. The van der Waals surface area contributed by atoms with E-state index in [0.29, 0.717) is 0 Å². The zero-order valence-corrected chi connectivity index (χ0v) is 14.8. The maximum atomic E-state index is 11.8. The van der Waals surface area contributed by atoms with Crippen molar-refractivity contribution in [2.24, 2.45) is 0 Å². The number of ether oxygens (including phenoxy) is 2. The van der Waals surface area contributed by atoms with Crippen molar-refractivity contribution in [2.75, 3.05) is 13.2 Å². The molecule has 0 bridgehead atoms. The summed E-state index contributed by atoms with van der Waals surface area (Å²) in [4.78, 5) is 0. The summed E-state index contributed by atoms with van der Waals surface area (Å²) in [5.41, 5.74) is 3.15. The van der Waals surface area contributed by atoms with Crippen molar-refractivity contribution >= 4 is 23.9 Å². The summed E-state index contributed by atoms with van der Waals surface area (Å²) in [5.74, 6) is 0.